The zero-order valence-corrected chi connectivity index (χ0v) is 29.8. The van der Waals surface area contributed by atoms with Crippen molar-refractivity contribution in [1.29, 1.82) is 0 Å². The molecule has 1 aliphatic rings. The van der Waals surface area contributed by atoms with Crippen LogP contribution in [0.4, 0.5) is 17.1 Å². The fourth-order valence-corrected chi connectivity index (χ4v) is 9.95. The van der Waals surface area contributed by atoms with Gasteiger partial charge < -0.3 is 4.90 Å². The van der Waals surface area contributed by atoms with Gasteiger partial charge in [-0.05, 0) is 63.5 Å². The summed E-state index contributed by atoms with van der Waals surface area (Å²) >= 11 is 1.84. The Kier molecular flexibility index (Phi) is 6.21. The predicted octanol–water partition coefficient (Wildman–Crippen LogP) is 14.2. The van der Waals surface area contributed by atoms with E-state index in [1.807, 2.05) is 11.3 Å². The van der Waals surface area contributed by atoms with E-state index in [1.54, 1.807) is 0 Å². The van der Waals surface area contributed by atoms with E-state index in [9.17, 15) is 0 Å². The number of hydrogen-bond acceptors (Lipinski definition) is 4. The number of thiophene rings is 1. The minimum atomic E-state index is 0.723. The molecule has 12 rings (SSSR count). The van der Waals surface area contributed by atoms with Crippen LogP contribution in [0.2, 0.25) is 0 Å². The summed E-state index contributed by atoms with van der Waals surface area (Å²) in [6.07, 6.45) is 0. The number of hydrogen-bond donors (Lipinski definition) is 0. The van der Waals surface area contributed by atoms with Gasteiger partial charge in [0.25, 0.3) is 0 Å². The Bertz CT molecular complexity index is 3350. The van der Waals surface area contributed by atoms with E-state index < -0.39 is 0 Å². The lowest BCUT2D eigenvalue weighted by Crippen LogP contribution is -2.15. The quantitative estimate of drug-likeness (QED) is 0.183. The van der Waals surface area contributed by atoms with Crippen molar-refractivity contribution in [2.75, 3.05) is 4.90 Å². The summed E-state index contributed by atoms with van der Waals surface area (Å²) < 4.78 is 2.56. The summed E-state index contributed by atoms with van der Waals surface area (Å²) in [4.78, 5) is 13.1. The van der Waals surface area contributed by atoms with Crippen LogP contribution in [-0.4, -0.2) is 9.97 Å². The van der Waals surface area contributed by atoms with E-state index in [0.717, 1.165) is 50.0 Å². The summed E-state index contributed by atoms with van der Waals surface area (Å²) in [5.74, 6) is 0.723. The summed E-state index contributed by atoms with van der Waals surface area (Å²) in [6.45, 7) is 0. The SMILES string of the molecule is c1ccc2c3c(ccc2c1)N(c1cccc2c(-c4nc(-c5ccc6c(c5)sc5ccccc56)c5ccccc5n4)cccc12)c1cccc2cccc-3c12. The molecule has 0 spiro atoms. The molecule has 0 N–H and O–H groups in total. The Labute approximate surface area is 315 Å². The summed E-state index contributed by atoms with van der Waals surface area (Å²) in [5, 5.41) is 10.9. The van der Waals surface area contributed by atoms with Gasteiger partial charge in [0.1, 0.15) is 0 Å². The third-order valence-electron chi connectivity index (χ3n) is 11.2. The number of rotatable bonds is 3. The molecule has 3 nitrogen and oxygen atoms in total. The molecule has 0 saturated carbocycles. The molecule has 4 heteroatoms. The van der Waals surface area contributed by atoms with Crippen LogP contribution >= 0.6 is 11.3 Å². The standard InChI is InChI=1S/C50H29N3S/c1-2-14-33-30(11-1)26-28-44-48(33)40-20-7-12-31-13-8-23-43(47(31)40)53(44)42-22-10-17-34-35(42)18-9-19-38(34)50-51-41-21-5-3-16-39(41)49(52-50)32-25-27-37-36-15-4-6-24-45(36)54-46(37)29-32/h1-29H. The summed E-state index contributed by atoms with van der Waals surface area (Å²) in [7, 11) is 0. The first-order valence-electron chi connectivity index (χ1n) is 18.3. The molecule has 0 bridgehead atoms. The topological polar surface area (TPSA) is 29.0 Å². The Morgan fingerprint density at radius 2 is 1.09 bits per heavy atom. The lowest BCUT2D eigenvalue weighted by atomic mass is 9.87. The van der Waals surface area contributed by atoms with Gasteiger partial charge in [0.2, 0.25) is 0 Å². The van der Waals surface area contributed by atoms with Crippen LogP contribution in [0.5, 0.6) is 0 Å². The second kappa shape index (κ2) is 11.3. The largest absolute Gasteiger partial charge is 0.309 e. The van der Waals surface area contributed by atoms with Gasteiger partial charge in [0.05, 0.1) is 28.3 Å². The van der Waals surface area contributed by atoms with Gasteiger partial charge in [-0.3, -0.25) is 0 Å². The highest BCUT2D eigenvalue weighted by Gasteiger charge is 2.28. The number of nitrogens with zero attached hydrogens (tertiary/aromatic N) is 3. The molecule has 0 aliphatic carbocycles. The number of benzene rings is 9. The first-order chi connectivity index (χ1) is 26.8. The van der Waals surface area contributed by atoms with Crippen molar-refractivity contribution >= 4 is 91.8 Å². The smallest absolute Gasteiger partial charge is 0.161 e. The van der Waals surface area contributed by atoms with Crippen molar-refractivity contribution in [2.45, 2.75) is 0 Å². The zero-order valence-electron chi connectivity index (χ0n) is 29.0. The lowest BCUT2D eigenvalue weighted by Gasteiger charge is -2.35. The molecule has 0 fully saturated rings. The van der Waals surface area contributed by atoms with E-state index in [0.29, 0.717) is 0 Å². The molecule has 0 radical (unpaired) electrons. The second-order valence-corrected chi connectivity index (χ2v) is 15.2. The predicted molar refractivity (Wildman–Crippen MR) is 229 cm³/mol. The number of fused-ring (bicyclic) bond motifs is 9. The molecule has 0 unspecified atom stereocenters. The monoisotopic (exact) mass is 703 g/mol. The highest BCUT2D eigenvalue weighted by atomic mass is 32.1. The van der Waals surface area contributed by atoms with Crippen molar-refractivity contribution in [3.8, 4) is 33.8 Å². The average molecular weight is 704 g/mol. The van der Waals surface area contributed by atoms with Crippen molar-refractivity contribution in [2.24, 2.45) is 0 Å². The average Bonchev–Trinajstić information content (AvgIpc) is 3.61. The summed E-state index contributed by atoms with van der Waals surface area (Å²) in [6, 6.07) is 63.7. The maximum absolute atomic E-state index is 5.41. The van der Waals surface area contributed by atoms with Gasteiger partial charge in [0, 0.05) is 53.0 Å². The van der Waals surface area contributed by atoms with E-state index in [4.69, 9.17) is 9.97 Å². The fraction of sp³-hybridized carbons (Fsp3) is 0. The van der Waals surface area contributed by atoms with Crippen molar-refractivity contribution in [1.82, 2.24) is 9.97 Å². The third-order valence-corrected chi connectivity index (χ3v) is 12.3. The van der Waals surface area contributed by atoms with Crippen LogP contribution in [0.25, 0.3) is 97.2 Å². The molecule has 0 saturated heterocycles. The molecule has 0 atom stereocenters. The number of para-hydroxylation sites is 1. The molecule has 9 aromatic carbocycles. The van der Waals surface area contributed by atoms with Gasteiger partial charge in [0.15, 0.2) is 5.82 Å². The molecule has 0 amide bonds. The van der Waals surface area contributed by atoms with Gasteiger partial charge in [-0.25, -0.2) is 9.97 Å². The van der Waals surface area contributed by atoms with Crippen LogP contribution in [-0.2, 0) is 0 Å². The fourth-order valence-electron chi connectivity index (χ4n) is 8.81. The minimum Gasteiger partial charge on any atom is -0.309 e. The second-order valence-electron chi connectivity index (χ2n) is 14.1. The maximum atomic E-state index is 5.41. The molecular weight excluding hydrogens is 675 g/mol. The summed E-state index contributed by atoms with van der Waals surface area (Å²) in [5.41, 5.74) is 10.0. The number of aromatic nitrogens is 2. The van der Waals surface area contributed by atoms with Crippen LogP contribution in [0, 0.1) is 0 Å². The molecule has 3 heterocycles. The van der Waals surface area contributed by atoms with Gasteiger partial charge >= 0.3 is 0 Å². The van der Waals surface area contributed by atoms with E-state index in [-0.39, 0.29) is 0 Å². The van der Waals surface area contributed by atoms with E-state index in [2.05, 4.69) is 181 Å². The van der Waals surface area contributed by atoms with E-state index >= 15 is 0 Å². The molecule has 2 aromatic heterocycles. The molecule has 54 heavy (non-hydrogen) atoms. The molecule has 1 aliphatic heterocycles. The van der Waals surface area contributed by atoms with Gasteiger partial charge in [-0.1, -0.05) is 140 Å². The zero-order chi connectivity index (χ0) is 35.3. The van der Waals surface area contributed by atoms with Crippen molar-refractivity contribution < 1.29 is 0 Å². The Morgan fingerprint density at radius 3 is 2.04 bits per heavy atom. The minimum absolute atomic E-state index is 0.723. The van der Waals surface area contributed by atoms with Crippen LogP contribution in [0.1, 0.15) is 0 Å². The van der Waals surface area contributed by atoms with Crippen LogP contribution < -0.4 is 4.90 Å². The first-order valence-corrected chi connectivity index (χ1v) is 19.1. The Morgan fingerprint density at radius 1 is 0.407 bits per heavy atom. The highest BCUT2D eigenvalue weighted by molar-refractivity contribution is 7.25. The number of anilines is 3. The third kappa shape index (κ3) is 4.23. The highest BCUT2D eigenvalue weighted by Crippen LogP contribution is 2.54. The normalized spacial score (nSPS) is 12.4. The van der Waals surface area contributed by atoms with E-state index in [1.165, 1.54) is 64.2 Å². The molecule has 250 valence electrons. The van der Waals surface area contributed by atoms with Gasteiger partial charge in [-0.15, -0.1) is 11.3 Å². The Hall–Kier alpha value is -6.88. The van der Waals surface area contributed by atoms with Gasteiger partial charge in [-0.2, -0.15) is 0 Å². The van der Waals surface area contributed by atoms with Crippen LogP contribution in [0.3, 0.4) is 0 Å². The first kappa shape index (κ1) is 29.7. The van der Waals surface area contributed by atoms with Crippen LogP contribution in [0.15, 0.2) is 176 Å². The molecule has 11 aromatic rings. The maximum Gasteiger partial charge on any atom is 0.161 e. The lowest BCUT2D eigenvalue weighted by molar-refractivity contribution is 1.23. The van der Waals surface area contributed by atoms with Crippen molar-refractivity contribution in [3.63, 3.8) is 0 Å². The molecular formula is C50H29N3S. The van der Waals surface area contributed by atoms with Crippen molar-refractivity contribution in [3.05, 3.63) is 176 Å². The Balaban J connectivity index is 1.09.